The van der Waals surface area contributed by atoms with Crippen LogP contribution in [0.4, 0.5) is 0 Å². The lowest BCUT2D eigenvalue weighted by Crippen LogP contribution is -2.29. The third-order valence-electron chi connectivity index (χ3n) is 2.70. The van der Waals surface area contributed by atoms with Crippen LogP contribution in [-0.4, -0.2) is 37.9 Å². The molecule has 0 spiro atoms. The fourth-order valence-electron chi connectivity index (χ4n) is 1.72. The number of carbonyl (C=O) groups excluding carboxylic acids is 2. The molecule has 1 aliphatic heterocycles. The van der Waals surface area contributed by atoms with Crippen LogP contribution in [0.15, 0.2) is 0 Å². The second-order valence-electron chi connectivity index (χ2n) is 3.98. The second kappa shape index (κ2) is 7.27. The largest absolute Gasteiger partial charge is 0.465 e. The predicted molar refractivity (Wildman–Crippen MR) is 60.3 cm³/mol. The lowest BCUT2D eigenvalue weighted by molar-refractivity contribution is -0.163. The number of carbonyl (C=O) groups is 2. The maximum atomic E-state index is 11.7. The van der Waals surface area contributed by atoms with Crippen LogP contribution >= 0.6 is 0 Å². The number of rotatable bonds is 6. The highest BCUT2D eigenvalue weighted by Crippen LogP contribution is 2.14. The predicted octanol–water partition coefficient (Wildman–Crippen LogP) is 1.30. The van der Waals surface area contributed by atoms with Crippen LogP contribution in [0.5, 0.6) is 0 Å². The molecule has 1 heterocycles. The number of ether oxygens (including phenoxy) is 3. The van der Waals surface area contributed by atoms with E-state index in [0.717, 1.165) is 19.4 Å². The molecule has 5 heteroatoms. The van der Waals surface area contributed by atoms with Crippen LogP contribution in [-0.2, 0) is 23.8 Å². The molecule has 0 saturated carbocycles. The van der Waals surface area contributed by atoms with E-state index in [2.05, 4.69) is 0 Å². The first-order chi connectivity index (χ1) is 8.19. The molecular formula is C12H20O5. The van der Waals surface area contributed by atoms with Crippen LogP contribution in [0.2, 0.25) is 0 Å². The van der Waals surface area contributed by atoms with Crippen molar-refractivity contribution in [3.05, 3.63) is 0 Å². The van der Waals surface area contributed by atoms with E-state index in [9.17, 15) is 9.59 Å². The molecule has 5 nitrogen and oxygen atoms in total. The first kappa shape index (κ1) is 14.0. The first-order valence-electron chi connectivity index (χ1n) is 6.13. The maximum Gasteiger partial charge on any atom is 0.320 e. The van der Waals surface area contributed by atoms with Gasteiger partial charge < -0.3 is 14.2 Å². The zero-order chi connectivity index (χ0) is 12.7. The molecule has 2 unspecified atom stereocenters. The van der Waals surface area contributed by atoms with E-state index in [1.165, 1.54) is 0 Å². The molecule has 0 radical (unpaired) electrons. The van der Waals surface area contributed by atoms with Gasteiger partial charge in [-0.2, -0.15) is 0 Å². The van der Waals surface area contributed by atoms with Gasteiger partial charge in [0.25, 0.3) is 0 Å². The third-order valence-corrected chi connectivity index (χ3v) is 2.70. The van der Waals surface area contributed by atoms with Crippen molar-refractivity contribution in [2.75, 3.05) is 19.8 Å². The van der Waals surface area contributed by atoms with Gasteiger partial charge in [-0.15, -0.1) is 0 Å². The van der Waals surface area contributed by atoms with Crippen molar-refractivity contribution in [2.45, 2.75) is 39.2 Å². The summed E-state index contributed by atoms with van der Waals surface area (Å²) in [6.07, 6.45) is 2.28. The summed E-state index contributed by atoms with van der Waals surface area (Å²) < 4.78 is 15.2. The summed E-state index contributed by atoms with van der Waals surface area (Å²) in [5, 5.41) is 0. The van der Waals surface area contributed by atoms with E-state index in [1.54, 1.807) is 13.8 Å². The Morgan fingerprint density at radius 1 is 1.29 bits per heavy atom. The molecule has 0 bridgehead atoms. The van der Waals surface area contributed by atoms with E-state index in [-0.39, 0.29) is 19.3 Å². The Hall–Kier alpha value is -1.10. The van der Waals surface area contributed by atoms with Gasteiger partial charge in [-0.3, -0.25) is 9.59 Å². The lowest BCUT2D eigenvalue weighted by atomic mass is 10.1. The average Bonchev–Trinajstić information content (AvgIpc) is 2.80. The Morgan fingerprint density at radius 2 is 2.00 bits per heavy atom. The van der Waals surface area contributed by atoms with Crippen LogP contribution in [0.25, 0.3) is 0 Å². The van der Waals surface area contributed by atoms with Crippen molar-refractivity contribution < 1.29 is 23.8 Å². The van der Waals surface area contributed by atoms with Gasteiger partial charge in [0.1, 0.15) is 6.61 Å². The summed E-state index contributed by atoms with van der Waals surface area (Å²) in [5.74, 6) is -1.83. The normalized spacial score (nSPS) is 20.9. The summed E-state index contributed by atoms with van der Waals surface area (Å²) in [6.45, 7) is 4.69. The van der Waals surface area contributed by atoms with E-state index in [0.29, 0.717) is 6.42 Å². The van der Waals surface area contributed by atoms with Gasteiger partial charge in [0.05, 0.1) is 12.7 Å². The first-order valence-corrected chi connectivity index (χ1v) is 6.13. The lowest BCUT2D eigenvalue weighted by Gasteiger charge is -2.15. The van der Waals surface area contributed by atoms with Gasteiger partial charge in [0.15, 0.2) is 5.92 Å². The highest BCUT2D eigenvalue weighted by molar-refractivity contribution is 5.94. The quantitative estimate of drug-likeness (QED) is 0.520. The molecule has 17 heavy (non-hydrogen) atoms. The monoisotopic (exact) mass is 244 g/mol. The van der Waals surface area contributed by atoms with Gasteiger partial charge in [0, 0.05) is 6.61 Å². The Morgan fingerprint density at radius 3 is 2.53 bits per heavy atom. The van der Waals surface area contributed by atoms with Crippen LogP contribution in [0.3, 0.4) is 0 Å². The second-order valence-corrected chi connectivity index (χ2v) is 3.98. The molecule has 1 aliphatic rings. The Bertz CT molecular complexity index is 258. The van der Waals surface area contributed by atoms with Crippen molar-refractivity contribution in [1.82, 2.24) is 0 Å². The van der Waals surface area contributed by atoms with E-state index < -0.39 is 17.9 Å². The van der Waals surface area contributed by atoms with Gasteiger partial charge in [-0.25, -0.2) is 0 Å². The fourth-order valence-corrected chi connectivity index (χ4v) is 1.72. The summed E-state index contributed by atoms with van der Waals surface area (Å²) >= 11 is 0. The molecule has 1 saturated heterocycles. The van der Waals surface area contributed by atoms with Gasteiger partial charge >= 0.3 is 11.9 Å². The maximum absolute atomic E-state index is 11.7. The minimum Gasteiger partial charge on any atom is -0.465 e. The van der Waals surface area contributed by atoms with Crippen molar-refractivity contribution in [1.29, 1.82) is 0 Å². The van der Waals surface area contributed by atoms with Crippen molar-refractivity contribution >= 4 is 11.9 Å². The van der Waals surface area contributed by atoms with Gasteiger partial charge in [-0.05, 0) is 26.2 Å². The topological polar surface area (TPSA) is 61.8 Å². The van der Waals surface area contributed by atoms with Crippen LogP contribution in [0, 0.1) is 5.92 Å². The van der Waals surface area contributed by atoms with E-state index in [1.807, 2.05) is 0 Å². The fraction of sp³-hybridized carbons (Fsp3) is 0.833. The number of hydrogen-bond acceptors (Lipinski definition) is 5. The number of hydrogen-bond donors (Lipinski definition) is 0. The Kier molecular flexibility index (Phi) is 5.97. The van der Waals surface area contributed by atoms with Crippen molar-refractivity contribution in [3.63, 3.8) is 0 Å². The molecular weight excluding hydrogens is 224 g/mol. The van der Waals surface area contributed by atoms with Crippen molar-refractivity contribution in [3.8, 4) is 0 Å². The zero-order valence-electron chi connectivity index (χ0n) is 10.4. The average molecular weight is 244 g/mol. The van der Waals surface area contributed by atoms with E-state index >= 15 is 0 Å². The molecule has 2 atom stereocenters. The highest BCUT2D eigenvalue weighted by Gasteiger charge is 2.28. The van der Waals surface area contributed by atoms with Crippen LogP contribution < -0.4 is 0 Å². The molecule has 0 aliphatic carbocycles. The smallest absolute Gasteiger partial charge is 0.320 e. The summed E-state index contributed by atoms with van der Waals surface area (Å²) in [4.78, 5) is 23.1. The molecule has 1 fully saturated rings. The minimum absolute atomic E-state index is 0.0151. The van der Waals surface area contributed by atoms with E-state index in [4.69, 9.17) is 14.2 Å². The molecule has 98 valence electrons. The highest BCUT2D eigenvalue weighted by atomic mass is 16.6. The standard InChI is InChI=1S/C12H20O5/c1-3-10(11(13)15-4-2)12(14)17-8-9-6-5-7-16-9/h9-10H,3-8H2,1-2H3. The summed E-state index contributed by atoms with van der Waals surface area (Å²) in [5.41, 5.74) is 0. The molecule has 1 rings (SSSR count). The van der Waals surface area contributed by atoms with Crippen LogP contribution in [0.1, 0.15) is 33.1 Å². The van der Waals surface area contributed by atoms with Crippen molar-refractivity contribution in [2.24, 2.45) is 5.92 Å². The summed E-state index contributed by atoms with van der Waals surface area (Å²) in [6, 6.07) is 0. The Balaban J connectivity index is 2.34. The SMILES string of the molecule is CCOC(=O)C(CC)C(=O)OCC1CCCO1. The van der Waals surface area contributed by atoms with Gasteiger partial charge in [0.2, 0.25) is 0 Å². The minimum atomic E-state index is -0.809. The molecule has 0 aromatic carbocycles. The molecule has 0 N–H and O–H groups in total. The summed E-state index contributed by atoms with van der Waals surface area (Å²) in [7, 11) is 0. The zero-order valence-corrected chi connectivity index (χ0v) is 10.4. The third kappa shape index (κ3) is 4.34. The molecule has 0 aromatic rings. The number of esters is 2. The molecule has 0 amide bonds. The van der Waals surface area contributed by atoms with Gasteiger partial charge in [-0.1, -0.05) is 6.92 Å². The molecule has 0 aromatic heterocycles. The Labute approximate surface area is 101 Å².